The average molecular weight is 344 g/mol. The molecule has 1 amide bonds. The molecule has 1 fully saturated rings. The molecule has 5 nitrogen and oxygen atoms in total. The summed E-state index contributed by atoms with van der Waals surface area (Å²) in [4.78, 5) is 29.9. The molecule has 2 aromatic rings. The fraction of sp³-hybridized carbons (Fsp3) is 0.389. The zero-order valence-corrected chi connectivity index (χ0v) is 14.5. The molecular formula is C18H20N2O3S. The molecule has 1 unspecified atom stereocenters. The Hall–Kier alpha value is -2.21. The van der Waals surface area contributed by atoms with Crippen LogP contribution in [-0.2, 0) is 16.0 Å². The predicted molar refractivity (Wildman–Crippen MR) is 93.0 cm³/mol. The van der Waals surface area contributed by atoms with Crippen molar-refractivity contribution in [3.63, 3.8) is 0 Å². The Labute approximate surface area is 145 Å². The standard InChI is InChI=1S/C18H20N2O3S/c1-11-4-3-5-13(8-11)17-19-14(10-24-17)9-16(21)20(15-6-7-15)12(2)18(22)23/h3-5,8,10,12,15H,6-7,9H2,1-2H3,(H,22,23). The number of thiazole rings is 1. The van der Waals surface area contributed by atoms with Crippen LogP contribution in [0.4, 0.5) is 0 Å². The van der Waals surface area contributed by atoms with Gasteiger partial charge in [0.2, 0.25) is 5.91 Å². The molecule has 1 aliphatic rings. The number of aromatic nitrogens is 1. The molecule has 0 radical (unpaired) electrons. The zero-order chi connectivity index (χ0) is 17.3. The Balaban J connectivity index is 1.74. The molecule has 24 heavy (non-hydrogen) atoms. The maximum Gasteiger partial charge on any atom is 0.326 e. The van der Waals surface area contributed by atoms with Gasteiger partial charge in [-0.2, -0.15) is 0 Å². The second kappa shape index (κ2) is 6.73. The van der Waals surface area contributed by atoms with Gasteiger partial charge in [0.1, 0.15) is 11.0 Å². The first-order valence-corrected chi connectivity index (χ1v) is 8.89. The van der Waals surface area contributed by atoms with Crippen LogP contribution in [0.5, 0.6) is 0 Å². The highest BCUT2D eigenvalue weighted by Gasteiger charge is 2.38. The minimum absolute atomic E-state index is 0.0680. The van der Waals surface area contributed by atoms with E-state index in [0.717, 1.165) is 29.0 Å². The van der Waals surface area contributed by atoms with Crippen molar-refractivity contribution in [3.05, 3.63) is 40.9 Å². The lowest BCUT2D eigenvalue weighted by Gasteiger charge is -2.26. The van der Waals surface area contributed by atoms with E-state index in [2.05, 4.69) is 11.1 Å². The molecular weight excluding hydrogens is 324 g/mol. The van der Waals surface area contributed by atoms with E-state index in [9.17, 15) is 14.7 Å². The Morgan fingerprint density at radius 1 is 1.42 bits per heavy atom. The van der Waals surface area contributed by atoms with Crippen LogP contribution in [0.2, 0.25) is 0 Å². The van der Waals surface area contributed by atoms with E-state index in [0.29, 0.717) is 5.69 Å². The van der Waals surface area contributed by atoms with Gasteiger partial charge in [0.15, 0.2) is 0 Å². The van der Waals surface area contributed by atoms with Crippen LogP contribution >= 0.6 is 11.3 Å². The Morgan fingerprint density at radius 2 is 2.17 bits per heavy atom. The molecule has 3 rings (SSSR count). The number of carbonyl (C=O) groups excluding carboxylic acids is 1. The number of aryl methyl sites for hydroxylation is 1. The second-order valence-corrected chi connectivity index (χ2v) is 7.09. The van der Waals surface area contributed by atoms with Crippen molar-refractivity contribution in [1.82, 2.24) is 9.88 Å². The molecule has 1 aromatic carbocycles. The molecule has 1 aromatic heterocycles. The number of amides is 1. The van der Waals surface area contributed by atoms with Crippen LogP contribution in [-0.4, -0.2) is 39.0 Å². The highest BCUT2D eigenvalue weighted by Crippen LogP contribution is 2.30. The maximum absolute atomic E-state index is 12.6. The van der Waals surface area contributed by atoms with E-state index >= 15 is 0 Å². The van der Waals surface area contributed by atoms with Gasteiger partial charge >= 0.3 is 5.97 Å². The third-order valence-electron chi connectivity index (χ3n) is 4.15. The van der Waals surface area contributed by atoms with Gasteiger partial charge in [-0.05, 0) is 32.8 Å². The molecule has 0 spiro atoms. The molecule has 1 N–H and O–H groups in total. The number of hydrogen-bond acceptors (Lipinski definition) is 4. The number of rotatable bonds is 6. The number of carbonyl (C=O) groups is 2. The number of aliphatic carboxylic acids is 1. The van der Waals surface area contributed by atoms with E-state index in [1.165, 1.54) is 16.2 Å². The third-order valence-corrected chi connectivity index (χ3v) is 5.09. The molecule has 0 saturated heterocycles. The number of benzene rings is 1. The van der Waals surface area contributed by atoms with Gasteiger partial charge in [0.05, 0.1) is 12.1 Å². The van der Waals surface area contributed by atoms with Crippen molar-refractivity contribution in [2.45, 2.75) is 45.2 Å². The van der Waals surface area contributed by atoms with Gasteiger partial charge in [-0.15, -0.1) is 11.3 Å². The van der Waals surface area contributed by atoms with Crippen molar-refractivity contribution in [3.8, 4) is 10.6 Å². The van der Waals surface area contributed by atoms with Gasteiger partial charge < -0.3 is 10.0 Å². The van der Waals surface area contributed by atoms with E-state index < -0.39 is 12.0 Å². The van der Waals surface area contributed by atoms with Crippen molar-refractivity contribution in [2.75, 3.05) is 0 Å². The van der Waals surface area contributed by atoms with E-state index in [1.807, 2.05) is 30.5 Å². The summed E-state index contributed by atoms with van der Waals surface area (Å²) in [5.41, 5.74) is 2.90. The molecule has 1 aliphatic carbocycles. The van der Waals surface area contributed by atoms with E-state index in [-0.39, 0.29) is 18.4 Å². The van der Waals surface area contributed by atoms with Gasteiger partial charge in [0.25, 0.3) is 0 Å². The molecule has 126 valence electrons. The topological polar surface area (TPSA) is 70.5 Å². The SMILES string of the molecule is Cc1cccc(-c2nc(CC(=O)N(C3CC3)C(C)C(=O)O)cs2)c1. The summed E-state index contributed by atoms with van der Waals surface area (Å²) in [6, 6.07) is 7.36. The summed E-state index contributed by atoms with van der Waals surface area (Å²) in [6.45, 7) is 3.60. The monoisotopic (exact) mass is 344 g/mol. The van der Waals surface area contributed by atoms with Crippen LogP contribution in [0.3, 0.4) is 0 Å². The molecule has 0 aliphatic heterocycles. The molecule has 0 bridgehead atoms. The number of carboxylic acid groups (broad SMARTS) is 1. The Kier molecular flexibility index (Phi) is 4.66. The fourth-order valence-corrected chi connectivity index (χ4v) is 3.57. The molecule has 1 heterocycles. The minimum Gasteiger partial charge on any atom is -0.480 e. The minimum atomic E-state index is -0.964. The van der Waals surface area contributed by atoms with E-state index in [1.54, 1.807) is 6.92 Å². The first-order chi connectivity index (χ1) is 11.5. The van der Waals surface area contributed by atoms with Crippen LogP contribution in [0.1, 0.15) is 31.0 Å². The van der Waals surface area contributed by atoms with Crippen LogP contribution in [0, 0.1) is 6.92 Å². The summed E-state index contributed by atoms with van der Waals surface area (Å²) in [5, 5.41) is 12.0. The number of hydrogen-bond donors (Lipinski definition) is 1. The first kappa shape index (κ1) is 16.6. The summed E-state index contributed by atoms with van der Waals surface area (Å²) < 4.78 is 0. The zero-order valence-electron chi connectivity index (χ0n) is 13.7. The second-order valence-electron chi connectivity index (χ2n) is 6.24. The normalized spacial score (nSPS) is 15.1. The van der Waals surface area contributed by atoms with Crippen LogP contribution in [0.15, 0.2) is 29.6 Å². The van der Waals surface area contributed by atoms with Crippen molar-refractivity contribution >= 4 is 23.2 Å². The summed E-state index contributed by atoms with van der Waals surface area (Å²) in [6.07, 6.45) is 1.92. The smallest absolute Gasteiger partial charge is 0.326 e. The molecule has 1 atom stereocenters. The lowest BCUT2D eigenvalue weighted by molar-refractivity contribution is -0.149. The quantitative estimate of drug-likeness (QED) is 0.874. The van der Waals surface area contributed by atoms with Gasteiger partial charge in [-0.3, -0.25) is 4.79 Å². The highest BCUT2D eigenvalue weighted by atomic mass is 32.1. The summed E-state index contributed by atoms with van der Waals surface area (Å²) in [7, 11) is 0. The van der Waals surface area contributed by atoms with Crippen LogP contribution in [0.25, 0.3) is 10.6 Å². The van der Waals surface area contributed by atoms with Crippen molar-refractivity contribution in [1.29, 1.82) is 0 Å². The van der Waals surface area contributed by atoms with Crippen molar-refractivity contribution in [2.24, 2.45) is 0 Å². The van der Waals surface area contributed by atoms with E-state index in [4.69, 9.17) is 0 Å². The van der Waals surface area contributed by atoms with Crippen LogP contribution < -0.4 is 0 Å². The van der Waals surface area contributed by atoms with Gasteiger partial charge in [0, 0.05) is 17.0 Å². The van der Waals surface area contributed by atoms with Gasteiger partial charge in [-0.1, -0.05) is 23.8 Å². The lowest BCUT2D eigenvalue weighted by Crippen LogP contribution is -2.45. The number of carboxylic acids is 1. The average Bonchev–Trinajstić information content (AvgIpc) is 3.25. The highest BCUT2D eigenvalue weighted by molar-refractivity contribution is 7.13. The van der Waals surface area contributed by atoms with Crippen molar-refractivity contribution < 1.29 is 14.7 Å². The molecule has 1 saturated carbocycles. The third kappa shape index (κ3) is 3.64. The van der Waals surface area contributed by atoms with Gasteiger partial charge in [-0.25, -0.2) is 9.78 Å². The Morgan fingerprint density at radius 3 is 2.79 bits per heavy atom. The first-order valence-electron chi connectivity index (χ1n) is 8.01. The predicted octanol–water partition coefficient (Wildman–Crippen LogP) is 3.13. The summed E-state index contributed by atoms with van der Waals surface area (Å²) >= 11 is 1.51. The summed E-state index contributed by atoms with van der Waals surface area (Å²) in [5.74, 6) is -1.12. The number of nitrogens with zero attached hydrogens (tertiary/aromatic N) is 2. The maximum atomic E-state index is 12.6. The Bertz CT molecular complexity index is 767. The molecule has 6 heteroatoms. The largest absolute Gasteiger partial charge is 0.480 e. The lowest BCUT2D eigenvalue weighted by atomic mass is 10.1. The fourth-order valence-electron chi connectivity index (χ4n) is 2.75.